The number of benzene rings is 4. The van der Waals surface area contributed by atoms with Gasteiger partial charge in [0.15, 0.2) is 7.14 Å². The highest BCUT2D eigenvalue weighted by Crippen LogP contribution is 2.46. The molecule has 0 N–H and O–H groups in total. The lowest BCUT2D eigenvalue weighted by Crippen LogP contribution is -2.46. The Morgan fingerprint density at radius 1 is 0.778 bits per heavy atom. The number of fused-ring (bicyclic) bond motifs is 1. The van der Waals surface area contributed by atoms with Gasteiger partial charge in [-0.1, -0.05) is 119 Å². The first-order valence-corrected chi connectivity index (χ1v) is 15.4. The summed E-state index contributed by atoms with van der Waals surface area (Å²) < 4.78 is 46.1. The molecule has 0 aliphatic rings. The van der Waals surface area contributed by atoms with Crippen LogP contribution >= 0.6 is 7.14 Å². The quantitative estimate of drug-likeness (QED) is 0.285. The fourth-order valence-corrected chi connectivity index (χ4v) is 10.2. The molecule has 0 spiro atoms. The van der Waals surface area contributed by atoms with Crippen LogP contribution in [0.25, 0.3) is 10.8 Å². The average Bonchev–Trinajstić information content (AvgIpc) is 2.88. The van der Waals surface area contributed by atoms with Crippen LogP contribution in [0.15, 0.2) is 102 Å². The zero-order valence-corrected chi connectivity index (χ0v) is 23.3. The van der Waals surface area contributed by atoms with Crippen LogP contribution in [0.2, 0.25) is 0 Å². The van der Waals surface area contributed by atoms with Crippen molar-refractivity contribution in [3.8, 4) is 0 Å². The molecule has 4 aromatic rings. The van der Waals surface area contributed by atoms with E-state index in [0.717, 1.165) is 5.39 Å². The van der Waals surface area contributed by atoms with Crippen LogP contribution in [0.1, 0.15) is 34.6 Å². The van der Waals surface area contributed by atoms with Crippen molar-refractivity contribution in [2.45, 2.75) is 45.6 Å². The molecule has 4 rings (SSSR count). The summed E-state index contributed by atoms with van der Waals surface area (Å²) in [6.45, 7) is 10.2. The minimum Gasteiger partial charge on any atom is -0.309 e. The average molecular weight is 520 g/mol. The molecule has 0 fully saturated rings. The lowest BCUT2D eigenvalue weighted by molar-refractivity contribution is 0.198. The minimum atomic E-state index is -4.03. The van der Waals surface area contributed by atoms with Gasteiger partial charge in [-0.15, -0.1) is 0 Å². The Bertz CT molecular complexity index is 1470. The van der Waals surface area contributed by atoms with Crippen molar-refractivity contribution < 1.29 is 13.0 Å². The number of sulfonamides is 1. The molecule has 1 atom stereocenters. The second kappa shape index (κ2) is 9.97. The van der Waals surface area contributed by atoms with Gasteiger partial charge >= 0.3 is 0 Å². The monoisotopic (exact) mass is 519 g/mol. The normalized spacial score (nSPS) is 13.7. The molecule has 0 saturated carbocycles. The largest absolute Gasteiger partial charge is 0.309 e. The third-order valence-electron chi connectivity index (χ3n) is 7.00. The summed E-state index contributed by atoms with van der Waals surface area (Å²) in [5, 5.41) is 2.94. The summed E-state index contributed by atoms with van der Waals surface area (Å²) in [7, 11) is -7.57. The molecule has 36 heavy (non-hydrogen) atoms. The molecule has 188 valence electrons. The molecule has 0 unspecified atom stereocenters. The predicted octanol–water partition coefficient (Wildman–Crippen LogP) is 5.92. The van der Waals surface area contributed by atoms with E-state index in [9.17, 15) is 8.42 Å². The third-order valence-corrected chi connectivity index (χ3v) is 12.4. The summed E-state index contributed by atoms with van der Waals surface area (Å²) >= 11 is 0. The summed E-state index contributed by atoms with van der Waals surface area (Å²) in [4.78, 5) is 0.134. The molecule has 0 aromatic heterocycles. The maximum absolute atomic E-state index is 15.3. The van der Waals surface area contributed by atoms with E-state index in [2.05, 4.69) is 0 Å². The molecular weight excluding hydrogens is 485 g/mol. The van der Waals surface area contributed by atoms with Gasteiger partial charge in [0.1, 0.15) is 4.90 Å². The van der Waals surface area contributed by atoms with Crippen molar-refractivity contribution in [1.82, 2.24) is 4.31 Å². The van der Waals surface area contributed by atoms with Crippen molar-refractivity contribution >= 4 is 43.9 Å². The second-order valence-corrected chi connectivity index (χ2v) is 14.7. The van der Waals surface area contributed by atoms with Gasteiger partial charge in [0.25, 0.3) is 0 Å². The van der Waals surface area contributed by atoms with E-state index in [-0.39, 0.29) is 16.4 Å². The zero-order chi connectivity index (χ0) is 26.1. The Morgan fingerprint density at radius 3 is 1.78 bits per heavy atom. The van der Waals surface area contributed by atoms with Crippen LogP contribution < -0.4 is 15.9 Å². The minimum absolute atomic E-state index is 0.134. The molecule has 0 aliphatic carbocycles. The Hall–Kier alpha value is -2.72. The summed E-state index contributed by atoms with van der Waals surface area (Å²) in [5.41, 5.74) is -0.281. The van der Waals surface area contributed by atoms with Crippen LogP contribution in [0.4, 0.5) is 0 Å². The van der Waals surface area contributed by atoms with E-state index in [4.69, 9.17) is 0 Å². The van der Waals surface area contributed by atoms with Gasteiger partial charge in [-0.2, -0.15) is 4.31 Å². The number of hydrogen-bond acceptors (Lipinski definition) is 3. The van der Waals surface area contributed by atoms with Crippen LogP contribution in [0.5, 0.6) is 0 Å². The molecule has 0 bridgehead atoms. The summed E-state index contributed by atoms with van der Waals surface area (Å²) in [6, 6.07) is 29.3. The van der Waals surface area contributed by atoms with Crippen molar-refractivity contribution in [3.63, 3.8) is 0 Å². The van der Waals surface area contributed by atoms with E-state index in [1.165, 1.54) is 0 Å². The van der Waals surface area contributed by atoms with Gasteiger partial charge < -0.3 is 4.57 Å². The third kappa shape index (κ3) is 4.56. The molecule has 0 saturated heterocycles. The zero-order valence-electron chi connectivity index (χ0n) is 21.5. The number of nitrogens with zero attached hydrogens (tertiary/aromatic N) is 1. The first-order chi connectivity index (χ1) is 17.0. The first-order valence-electron chi connectivity index (χ1n) is 12.3. The van der Waals surface area contributed by atoms with Gasteiger partial charge in [0.05, 0.1) is 0 Å². The van der Waals surface area contributed by atoms with Crippen LogP contribution in [0.3, 0.4) is 0 Å². The van der Waals surface area contributed by atoms with E-state index in [1.54, 1.807) is 10.4 Å². The highest BCUT2D eigenvalue weighted by molar-refractivity contribution is 7.92. The highest BCUT2D eigenvalue weighted by Gasteiger charge is 2.41. The van der Waals surface area contributed by atoms with Crippen molar-refractivity contribution in [2.24, 2.45) is 5.41 Å². The molecular formula is C30H34NO3PS. The summed E-state index contributed by atoms with van der Waals surface area (Å²) in [6.07, 6.45) is 0. The number of hydrogen-bond donors (Lipinski definition) is 0. The standard InChI is InChI=1S/C30H34NO3PS/c1-6-31(23(2)30(3,4)5)36(33,34)29-27-20-14-13-15-24(27)21-22-28(29)35(32,25-16-9-7-10-17-25)26-18-11-8-12-19-26/h7-23H,6H2,1-5H3/t23-/m0/s1. The first kappa shape index (κ1) is 26.3. The highest BCUT2D eigenvalue weighted by atomic mass is 32.2. The van der Waals surface area contributed by atoms with E-state index >= 15 is 4.57 Å². The second-order valence-electron chi connectivity index (χ2n) is 10.2. The lowest BCUT2D eigenvalue weighted by Gasteiger charge is -2.37. The SMILES string of the molecule is CCN([C@@H](C)C(C)(C)C)S(=O)(=O)c1c(P(=O)(c2ccccc2)c2ccccc2)ccc2ccccc12. The van der Waals surface area contributed by atoms with Gasteiger partial charge in [-0.3, -0.25) is 0 Å². The van der Waals surface area contributed by atoms with E-state index < -0.39 is 17.2 Å². The van der Waals surface area contributed by atoms with Crippen molar-refractivity contribution in [1.29, 1.82) is 0 Å². The molecule has 4 aromatic carbocycles. The molecule has 0 amide bonds. The Kier molecular flexibility index (Phi) is 7.30. The van der Waals surface area contributed by atoms with Crippen LogP contribution in [-0.2, 0) is 14.6 Å². The lowest BCUT2D eigenvalue weighted by atomic mass is 9.88. The molecule has 0 heterocycles. The fraction of sp³-hybridized carbons (Fsp3) is 0.267. The summed E-state index contributed by atoms with van der Waals surface area (Å²) in [5.74, 6) is 0. The topological polar surface area (TPSA) is 54.5 Å². The van der Waals surface area contributed by atoms with Crippen LogP contribution in [-0.4, -0.2) is 25.3 Å². The maximum Gasteiger partial charge on any atom is 0.244 e. The van der Waals surface area contributed by atoms with Gasteiger partial charge in [-0.05, 0) is 23.8 Å². The van der Waals surface area contributed by atoms with E-state index in [1.807, 2.05) is 126 Å². The molecule has 0 aliphatic heterocycles. The fourth-order valence-electron chi connectivity index (χ4n) is 4.65. The van der Waals surface area contributed by atoms with Crippen LogP contribution in [0, 0.1) is 5.41 Å². The number of rotatable bonds is 7. The Labute approximate surface area is 215 Å². The molecule has 4 nitrogen and oxygen atoms in total. The predicted molar refractivity (Wildman–Crippen MR) is 152 cm³/mol. The maximum atomic E-state index is 15.3. The Balaban J connectivity index is 2.14. The van der Waals surface area contributed by atoms with Gasteiger partial charge in [0.2, 0.25) is 10.0 Å². The smallest absolute Gasteiger partial charge is 0.244 e. The van der Waals surface area contributed by atoms with Gasteiger partial charge in [0, 0.05) is 33.9 Å². The van der Waals surface area contributed by atoms with Crippen molar-refractivity contribution in [2.75, 3.05) is 6.54 Å². The molecule has 6 heteroatoms. The van der Waals surface area contributed by atoms with Crippen molar-refractivity contribution in [3.05, 3.63) is 97.1 Å². The Morgan fingerprint density at radius 2 is 1.28 bits per heavy atom. The van der Waals surface area contributed by atoms with E-state index in [0.29, 0.717) is 27.8 Å². The van der Waals surface area contributed by atoms with Gasteiger partial charge in [-0.25, -0.2) is 8.42 Å². The molecule has 0 radical (unpaired) electrons.